The van der Waals surface area contributed by atoms with Crippen molar-refractivity contribution in [2.75, 3.05) is 5.73 Å². The minimum atomic E-state index is -2.06. The monoisotopic (exact) mass is 446 g/mol. The molecule has 0 unspecified atom stereocenters. The highest BCUT2D eigenvalue weighted by Crippen LogP contribution is 2.21. The molecular formula is C26H26N2O5. The molecule has 4 N–H and O–H groups in total. The van der Waals surface area contributed by atoms with Crippen LogP contribution < -0.4 is 11.5 Å². The van der Waals surface area contributed by atoms with Crippen LogP contribution in [0.1, 0.15) is 34.3 Å². The maximum Gasteiger partial charge on any atom is 0.334 e. The summed E-state index contributed by atoms with van der Waals surface area (Å²) in [4.78, 5) is 38.5. The molecule has 0 aliphatic rings. The third-order valence-corrected chi connectivity index (χ3v) is 5.12. The number of nitrogen functional groups attached to an aromatic ring is 1. The lowest BCUT2D eigenvalue weighted by Gasteiger charge is -2.26. The van der Waals surface area contributed by atoms with Crippen molar-refractivity contribution in [3.63, 3.8) is 0 Å². The van der Waals surface area contributed by atoms with E-state index in [0.717, 1.165) is 11.1 Å². The quantitative estimate of drug-likeness (QED) is 0.212. The van der Waals surface area contributed by atoms with E-state index in [4.69, 9.17) is 20.9 Å². The lowest BCUT2D eigenvalue weighted by atomic mass is 9.85. The minimum absolute atomic E-state index is 0.0495. The number of ether oxygens (including phenoxy) is 2. The number of rotatable bonds is 10. The van der Waals surface area contributed by atoms with Gasteiger partial charge < -0.3 is 20.9 Å². The van der Waals surface area contributed by atoms with Gasteiger partial charge >= 0.3 is 11.9 Å². The number of hydrogen-bond donors (Lipinski definition) is 2. The third kappa shape index (κ3) is 6.51. The number of carbonyl (C=O) groups excluding carboxylic acids is 3. The Morgan fingerprint density at radius 3 is 1.79 bits per heavy atom. The first-order valence-electron chi connectivity index (χ1n) is 10.5. The van der Waals surface area contributed by atoms with Gasteiger partial charge in [0.25, 0.3) is 0 Å². The van der Waals surface area contributed by atoms with Crippen LogP contribution in [0.5, 0.6) is 0 Å². The Morgan fingerprint density at radius 1 is 0.727 bits per heavy atom. The van der Waals surface area contributed by atoms with E-state index in [1.165, 1.54) is 24.3 Å². The molecule has 0 radical (unpaired) electrons. The van der Waals surface area contributed by atoms with Gasteiger partial charge in [0.05, 0.1) is 0 Å². The number of esters is 2. The van der Waals surface area contributed by atoms with Crippen molar-refractivity contribution in [3.8, 4) is 0 Å². The van der Waals surface area contributed by atoms with Crippen molar-refractivity contribution in [3.05, 3.63) is 102 Å². The molecule has 0 heterocycles. The summed E-state index contributed by atoms with van der Waals surface area (Å²) < 4.78 is 10.6. The van der Waals surface area contributed by atoms with Gasteiger partial charge in [0.15, 0.2) is 11.3 Å². The second-order valence-corrected chi connectivity index (χ2v) is 7.63. The summed E-state index contributed by atoms with van der Waals surface area (Å²) in [7, 11) is 0. The molecule has 0 saturated carbocycles. The zero-order valence-electron chi connectivity index (χ0n) is 18.1. The largest absolute Gasteiger partial charge is 0.461 e. The number of ketones is 1. The van der Waals surface area contributed by atoms with Gasteiger partial charge in [-0.25, -0.2) is 4.79 Å². The van der Waals surface area contributed by atoms with Crippen LogP contribution in [0.2, 0.25) is 0 Å². The van der Waals surface area contributed by atoms with Crippen LogP contribution in [0, 0.1) is 0 Å². The van der Waals surface area contributed by atoms with E-state index in [1.807, 2.05) is 36.4 Å². The van der Waals surface area contributed by atoms with E-state index in [9.17, 15) is 14.4 Å². The summed E-state index contributed by atoms with van der Waals surface area (Å²) in [5.74, 6) is -2.14. The van der Waals surface area contributed by atoms with Crippen molar-refractivity contribution in [1.82, 2.24) is 0 Å². The van der Waals surface area contributed by atoms with Gasteiger partial charge in [0.2, 0.25) is 0 Å². The van der Waals surface area contributed by atoms with Crippen molar-refractivity contribution in [1.29, 1.82) is 0 Å². The molecule has 33 heavy (non-hydrogen) atoms. The number of nitrogens with two attached hydrogens (primary N) is 2. The van der Waals surface area contributed by atoms with Crippen molar-refractivity contribution < 1.29 is 23.9 Å². The molecular weight excluding hydrogens is 420 g/mol. The van der Waals surface area contributed by atoms with Crippen LogP contribution in [-0.4, -0.2) is 23.3 Å². The molecule has 170 valence electrons. The van der Waals surface area contributed by atoms with Gasteiger partial charge in [0, 0.05) is 17.7 Å². The van der Waals surface area contributed by atoms with Crippen LogP contribution in [0.3, 0.4) is 0 Å². The topological polar surface area (TPSA) is 122 Å². The van der Waals surface area contributed by atoms with Crippen molar-refractivity contribution >= 4 is 23.4 Å². The average molecular weight is 447 g/mol. The van der Waals surface area contributed by atoms with Crippen molar-refractivity contribution in [2.24, 2.45) is 5.73 Å². The highest BCUT2D eigenvalue weighted by atomic mass is 16.5. The smallest absolute Gasteiger partial charge is 0.334 e. The summed E-state index contributed by atoms with van der Waals surface area (Å²) in [6, 6.07) is 24.2. The zero-order chi connectivity index (χ0) is 23.7. The second kappa shape index (κ2) is 11.1. The van der Waals surface area contributed by atoms with Crippen LogP contribution in [0.25, 0.3) is 0 Å². The number of carbonyl (C=O) groups is 3. The Balaban J connectivity index is 1.70. The van der Waals surface area contributed by atoms with E-state index in [0.29, 0.717) is 5.69 Å². The SMILES string of the molecule is Nc1ccc(C(=O)[C@](N)(CCC(=O)OCc2ccccc2)C(=O)OCc2ccccc2)cc1. The molecule has 0 aromatic heterocycles. The Labute approximate surface area is 192 Å². The molecule has 7 nitrogen and oxygen atoms in total. The van der Waals surface area contributed by atoms with Gasteiger partial charge in [-0.05, 0) is 41.8 Å². The van der Waals surface area contributed by atoms with Gasteiger partial charge in [-0.1, -0.05) is 60.7 Å². The van der Waals surface area contributed by atoms with E-state index < -0.39 is 23.3 Å². The molecule has 0 amide bonds. The maximum atomic E-state index is 13.2. The van der Waals surface area contributed by atoms with Crippen LogP contribution >= 0.6 is 0 Å². The maximum absolute atomic E-state index is 13.2. The van der Waals surface area contributed by atoms with Gasteiger partial charge in [-0.2, -0.15) is 0 Å². The fourth-order valence-electron chi connectivity index (χ4n) is 3.16. The summed E-state index contributed by atoms with van der Waals surface area (Å²) in [6.07, 6.45) is -0.498. The van der Waals surface area contributed by atoms with E-state index in [-0.39, 0.29) is 31.6 Å². The second-order valence-electron chi connectivity index (χ2n) is 7.63. The van der Waals surface area contributed by atoms with E-state index in [2.05, 4.69) is 0 Å². The lowest BCUT2D eigenvalue weighted by molar-refractivity contribution is -0.150. The number of hydrogen-bond acceptors (Lipinski definition) is 7. The zero-order valence-corrected chi connectivity index (χ0v) is 18.1. The predicted octanol–water partition coefficient (Wildman–Crippen LogP) is 3.42. The highest BCUT2D eigenvalue weighted by molar-refractivity contribution is 6.16. The predicted molar refractivity (Wildman–Crippen MR) is 124 cm³/mol. The molecule has 0 bridgehead atoms. The molecule has 0 fully saturated rings. The molecule has 3 aromatic carbocycles. The first-order valence-corrected chi connectivity index (χ1v) is 10.5. The fourth-order valence-corrected chi connectivity index (χ4v) is 3.16. The normalized spacial score (nSPS) is 12.4. The number of Topliss-reactive ketones (excluding diaryl/α,β-unsaturated/α-hetero) is 1. The molecule has 0 saturated heterocycles. The summed E-state index contributed by atoms with van der Waals surface area (Å²) in [5, 5.41) is 0. The molecule has 1 atom stereocenters. The lowest BCUT2D eigenvalue weighted by Crippen LogP contribution is -2.56. The van der Waals surface area contributed by atoms with E-state index >= 15 is 0 Å². The fraction of sp³-hybridized carbons (Fsp3) is 0.192. The standard InChI is InChI=1S/C26H26N2O5/c27-22-13-11-21(12-14-22)24(30)26(28,25(31)33-18-20-9-5-2-6-10-20)16-15-23(29)32-17-19-7-3-1-4-8-19/h1-14H,15-18,27-28H2/t26-/m1/s1. The highest BCUT2D eigenvalue weighted by Gasteiger charge is 2.44. The molecule has 0 aliphatic heterocycles. The van der Waals surface area contributed by atoms with Crippen LogP contribution in [-0.2, 0) is 32.3 Å². The number of benzene rings is 3. The Morgan fingerprint density at radius 2 is 1.24 bits per heavy atom. The molecule has 3 aromatic rings. The average Bonchev–Trinajstić information content (AvgIpc) is 2.85. The molecule has 0 spiro atoms. The van der Waals surface area contributed by atoms with Gasteiger partial charge in [-0.3, -0.25) is 9.59 Å². The molecule has 7 heteroatoms. The Bertz CT molecular complexity index is 1080. The van der Waals surface area contributed by atoms with Crippen molar-refractivity contribution in [2.45, 2.75) is 31.6 Å². The first kappa shape index (κ1) is 23.7. The molecule has 0 aliphatic carbocycles. The van der Waals surface area contributed by atoms with Crippen LogP contribution in [0.15, 0.2) is 84.9 Å². The van der Waals surface area contributed by atoms with Gasteiger partial charge in [-0.15, -0.1) is 0 Å². The summed E-state index contributed by atoms with van der Waals surface area (Å²) in [5.41, 5.74) is 12.2. The Hall–Kier alpha value is -3.97. The van der Waals surface area contributed by atoms with E-state index in [1.54, 1.807) is 24.3 Å². The number of anilines is 1. The summed E-state index contributed by atoms with van der Waals surface area (Å²) in [6.45, 7) is 0.0354. The third-order valence-electron chi connectivity index (χ3n) is 5.12. The Kier molecular flexibility index (Phi) is 7.94. The van der Waals surface area contributed by atoms with Gasteiger partial charge in [0.1, 0.15) is 13.2 Å². The van der Waals surface area contributed by atoms with Crippen LogP contribution in [0.4, 0.5) is 5.69 Å². The first-order chi connectivity index (χ1) is 15.9. The summed E-state index contributed by atoms with van der Waals surface area (Å²) >= 11 is 0. The molecule has 3 rings (SSSR count). The minimum Gasteiger partial charge on any atom is -0.461 e.